The van der Waals surface area contributed by atoms with Crippen molar-refractivity contribution in [1.29, 1.82) is 0 Å². The first-order valence-electron chi connectivity index (χ1n) is 12.5. The monoisotopic (exact) mass is 457 g/mol. The minimum atomic E-state index is -0.715. The fraction of sp³-hybridized carbons (Fsp3) is 0.870. The average Bonchev–Trinajstić information content (AvgIpc) is 2.79. The summed E-state index contributed by atoms with van der Waals surface area (Å²) in [5, 5.41) is 19.8. The van der Waals surface area contributed by atoms with Crippen LogP contribution in [0.5, 0.6) is 0 Å². The predicted molar refractivity (Wildman–Crippen MR) is 128 cm³/mol. The normalized spacial score (nSPS) is 10.6. The number of hydrogen-bond donors (Lipinski definition) is 6. The van der Waals surface area contributed by atoms with Crippen molar-refractivity contribution >= 4 is 17.8 Å². The molecule has 6 N–H and O–H groups in total. The summed E-state index contributed by atoms with van der Waals surface area (Å²) >= 11 is 0. The Morgan fingerprint density at radius 3 is 1.56 bits per heavy atom. The summed E-state index contributed by atoms with van der Waals surface area (Å²) in [6.07, 6.45) is 14.8. The Kier molecular flexibility index (Phi) is 22.4. The standard InChI is InChI=1S/C23H47N5O4/c1-2-3-4-5-8-11-16-24-19-14-21(29)25-17-12-9-6-7-10-13-18-26-22(30)15-20-27-23(31)28-32/h24,32H,2-20H2,1H3,(H,25,29)(H,26,30)(H2,27,28,31). The molecule has 32 heavy (non-hydrogen) atoms. The summed E-state index contributed by atoms with van der Waals surface area (Å²) in [5.41, 5.74) is 1.44. The molecule has 188 valence electrons. The molecule has 0 atom stereocenters. The van der Waals surface area contributed by atoms with Crippen molar-refractivity contribution in [3.8, 4) is 0 Å². The number of hydrogen-bond acceptors (Lipinski definition) is 5. The molecule has 0 aliphatic carbocycles. The SMILES string of the molecule is CCCCCCCCNCCC(=O)NCCCCCCCCNC(=O)CCNC(=O)NO. The van der Waals surface area contributed by atoms with Crippen LogP contribution in [-0.2, 0) is 9.59 Å². The first-order chi connectivity index (χ1) is 15.6. The van der Waals surface area contributed by atoms with Gasteiger partial charge in [-0.3, -0.25) is 14.8 Å². The first kappa shape index (κ1) is 30.1. The van der Waals surface area contributed by atoms with E-state index >= 15 is 0 Å². The van der Waals surface area contributed by atoms with E-state index in [2.05, 4.69) is 28.2 Å². The number of rotatable bonds is 22. The second-order valence-electron chi connectivity index (χ2n) is 8.21. The average molecular weight is 458 g/mol. The molecular formula is C23H47N5O4. The van der Waals surface area contributed by atoms with Gasteiger partial charge < -0.3 is 21.3 Å². The second-order valence-corrected chi connectivity index (χ2v) is 8.21. The third kappa shape index (κ3) is 22.8. The fourth-order valence-electron chi connectivity index (χ4n) is 3.28. The Morgan fingerprint density at radius 2 is 1.03 bits per heavy atom. The molecule has 0 aliphatic rings. The van der Waals surface area contributed by atoms with E-state index in [1.807, 2.05) is 0 Å². The molecule has 0 heterocycles. The van der Waals surface area contributed by atoms with Crippen molar-refractivity contribution in [2.24, 2.45) is 0 Å². The number of urea groups is 1. The Hall–Kier alpha value is -1.87. The maximum absolute atomic E-state index is 11.8. The molecule has 0 unspecified atom stereocenters. The van der Waals surface area contributed by atoms with E-state index in [-0.39, 0.29) is 24.8 Å². The molecule has 0 aromatic heterocycles. The van der Waals surface area contributed by atoms with E-state index in [9.17, 15) is 14.4 Å². The van der Waals surface area contributed by atoms with Crippen molar-refractivity contribution in [1.82, 2.24) is 26.7 Å². The van der Waals surface area contributed by atoms with Gasteiger partial charge in [-0.25, -0.2) is 10.3 Å². The molecule has 0 aliphatic heterocycles. The van der Waals surface area contributed by atoms with Gasteiger partial charge in [-0.1, -0.05) is 64.7 Å². The van der Waals surface area contributed by atoms with Crippen LogP contribution in [-0.4, -0.2) is 55.8 Å². The Bertz CT molecular complexity index is 477. The van der Waals surface area contributed by atoms with E-state index in [1.165, 1.54) is 44.0 Å². The first-order valence-corrected chi connectivity index (χ1v) is 12.5. The summed E-state index contributed by atoms with van der Waals surface area (Å²) in [6, 6.07) is -0.715. The van der Waals surface area contributed by atoms with Crippen molar-refractivity contribution in [2.75, 3.05) is 32.7 Å². The number of unbranched alkanes of at least 4 members (excludes halogenated alkanes) is 10. The second kappa shape index (κ2) is 23.8. The Labute approximate surface area is 194 Å². The lowest BCUT2D eigenvalue weighted by molar-refractivity contribution is -0.121. The number of carbonyl (C=O) groups excluding carboxylic acids is 3. The quantitative estimate of drug-likeness (QED) is 0.0845. The van der Waals surface area contributed by atoms with E-state index < -0.39 is 6.03 Å². The van der Waals surface area contributed by atoms with E-state index in [4.69, 9.17) is 5.21 Å². The predicted octanol–water partition coefficient (Wildman–Crippen LogP) is 2.98. The van der Waals surface area contributed by atoms with Gasteiger partial charge in [0.25, 0.3) is 0 Å². The van der Waals surface area contributed by atoms with Gasteiger partial charge in [-0.05, 0) is 25.8 Å². The van der Waals surface area contributed by atoms with Crippen LogP contribution in [0.15, 0.2) is 0 Å². The van der Waals surface area contributed by atoms with Gasteiger partial charge >= 0.3 is 6.03 Å². The molecule has 0 saturated carbocycles. The number of nitrogens with one attached hydrogen (secondary N) is 5. The van der Waals surface area contributed by atoms with Gasteiger partial charge in [-0.2, -0.15) is 0 Å². The van der Waals surface area contributed by atoms with E-state index in [0.29, 0.717) is 13.0 Å². The van der Waals surface area contributed by atoms with E-state index in [1.54, 1.807) is 0 Å². The summed E-state index contributed by atoms with van der Waals surface area (Å²) in [4.78, 5) is 34.1. The molecule has 0 radical (unpaired) electrons. The van der Waals surface area contributed by atoms with Crippen LogP contribution in [0, 0.1) is 0 Å². The van der Waals surface area contributed by atoms with Gasteiger partial charge in [-0.15, -0.1) is 0 Å². The van der Waals surface area contributed by atoms with Crippen LogP contribution < -0.4 is 26.7 Å². The van der Waals surface area contributed by atoms with Crippen molar-refractivity contribution < 1.29 is 19.6 Å². The molecule has 0 aromatic carbocycles. The lowest BCUT2D eigenvalue weighted by Crippen LogP contribution is -2.36. The molecule has 9 heteroatoms. The summed E-state index contributed by atoms with van der Waals surface area (Å²) in [5.74, 6) is 0.0139. The molecule has 0 bridgehead atoms. The van der Waals surface area contributed by atoms with Gasteiger partial charge in [0, 0.05) is 39.0 Å². The number of amides is 4. The maximum atomic E-state index is 11.8. The van der Waals surface area contributed by atoms with Gasteiger partial charge in [0.2, 0.25) is 11.8 Å². The third-order valence-corrected chi connectivity index (χ3v) is 5.22. The highest BCUT2D eigenvalue weighted by Gasteiger charge is 2.03. The fourth-order valence-corrected chi connectivity index (χ4v) is 3.28. The molecule has 0 rings (SSSR count). The maximum Gasteiger partial charge on any atom is 0.338 e. The van der Waals surface area contributed by atoms with Gasteiger partial charge in [0.1, 0.15) is 0 Å². The van der Waals surface area contributed by atoms with Crippen LogP contribution >= 0.6 is 0 Å². The molecule has 0 saturated heterocycles. The molecule has 4 amide bonds. The highest BCUT2D eigenvalue weighted by Crippen LogP contribution is 2.05. The van der Waals surface area contributed by atoms with Gasteiger partial charge in [0.15, 0.2) is 0 Å². The van der Waals surface area contributed by atoms with Crippen LogP contribution in [0.3, 0.4) is 0 Å². The molecular weight excluding hydrogens is 410 g/mol. The molecule has 0 aromatic rings. The van der Waals surface area contributed by atoms with Crippen LogP contribution in [0.1, 0.15) is 96.8 Å². The minimum absolute atomic E-state index is 0.114. The molecule has 0 fully saturated rings. The lowest BCUT2D eigenvalue weighted by Gasteiger charge is -2.07. The topological polar surface area (TPSA) is 132 Å². The van der Waals surface area contributed by atoms with Crippen molar-refractivity contribution in [3.05, 3.63) is 0 Å². The number of carbonyl (C=O) groups is 3. The Balaban J connectivity index is 3.27. The molecule has 0 spiro atoms. The Morgan fingerprint density at radius 1 is 0.562 bits per heavy atom. The molecule has 9 nitrogen and oxygen atoms in total. The largest absolute Gasteiger partial charge is 0.356 e. The lowest BCUT2D eigenvalue weighted by atomic mass is 10.1. The van der Waals surface area contributed by atoms with Gasteiger partial charge in [0.05, 0.1) is 0 Å². The summed E-state index contributed by atoms with van der Waals surface area (Å²) in [6.45, 7) is 5.55. The van der Waals surface area contributed by atoms with Crippen LogP contribution in [0.25, 0.3) is 0 Å². The minimum Gasteiger partial charge on any atom is -0.356 e. The van der Waals surface area contributed by atoms with Crippen LogP contribution in [0.4, 0.5) is 4.79 Å². The zero-order valence-electron chi connectivity index (χ0n) is 20.1. The summed E-state index contributed by atoms with van der Waals surface area (Å²) < 4.78 is 0. The van der Waals surface area contributed by atoms with Crippen molar-refractivity contribution in [2.45, 2.75) is 96.8 Å². The zero-order valence-corrected chi connectivity index (χ0v) is 20.1. The van der Waals surface area contributed by atoms with Crippen LogP contribution in [0.2, 0.25) is 0 Å². The highest BCUT2D eigenvalue weighted by molar-refractivity contribution is 5.77. The highest BCUT2D eigenvalue weighted by atomic mass is 16.5. The third-order valence-electron chi connectivity index (χ3n) is 5.22. The number of hydroxylamine groups is 1. The van der Waals surface area contributed by atoms with Crippen molar-refractivity contribution in [3.63, 3.8) is 0 Å². The summed E-state index contributed by atoms with van der Waals surface area (Å²) in [7, 11) is 0. The zero-order chi connectivity index (χ0) is 23.7. The smallest absolute Gasteiger partial charge is 0.338 e. The van der Waals surface area contributed by atoms with E-state index in [0.717, 1.165) is 58.2 Å².